The third kappa shape index (κ3) is 5.63. The number of fused-ring (bicyclic) bond motifs is 2. The van der Waals surface area contributed by atoms with E-state index in [1.807, 2.05) is 19.9 Å². The van der Waals surface area contributed by atoms with Crippen molar-refractivity contribution in [3.05, 3.63) is 24.3 Å². The van der Waals surface area contributed by atoms with Gasteiger partial charge in [0.05, 0.1) is 13.0 Å². The summed E-state index contributed by atoms with van der Waals surface area (Å²) in [5.41, 5.74) is 0.418. The number of aliphatic hydroxyl groups is 1. The fourth-order valence-corrected chi connectivity index (χ4v) is 12.3. The first-order valence-electron chi connectivity index (χ1n) is 18.5. The van der Waals surface area contributed by atoms with E-state index in [0.29, 0.717) is 31.2 Å². The Bertz CT molecular complexity index is 1320. The van der Waals surface area contributed by atoms with Crippen LogP contribution in [-0.2, 0) is 23.9 Å². The van der Waals surface area contributed by atoms with E-state index in [9.17, 15) is 24.3 Å². The summed E-state index contributed by atoms with van der Waals surface area (Å²) in [5, 5.41) is 11.7. The standard InChI is InChI=1S/C40H61NO6/c1-10-41(11-2)19-15-33(44)47-22-24(3)26(5)35(45)36(46)28(7)34-29(20-25(4)42)21-38(9)32-13-12-30-27(6)31(43)14-16-39(30)23-40(32,39)18-17-37(34,38)8/h14,16,24,27-30,32,34,36,46H,5,10-13,15,17-23H2,1-4,6-9H3/t24-,27-,28-,29-,30?,32?,34-,36+,37+,38-,39+,40-/m0/s1. The van der Waals surface area contributed by atoms with Crippen molar-refractivity contribution in [2.75, 3.05) is 26.2 Å². The van der Waals surface area contributed by atoms with Gasteiger partial charge in [0.15, 0.2) is 11.6 Å². The summed E-state index contributed by atoms with van der Waals surface area (Å²) < 4.78 is 5.51. The van der Waals surface area contributed by atoms with Gasteiger partial charge in [-0.1, -0.05) is 61.1 Å². The highest BCUT2D eigenvalue weighted by molar-refractivity contribution is 5.98. The number of carbonyl (C=O) groups is 4. The molecule has 0 heterocycles. The molecule has 0 aromatic rings. The molecule has 2 spiro atoms. The van der Waals surface area contributed by atoms with Gasteiger partial charge < -0.3 is 19.5 Å². The summed E-state index contributed by atoms with van der Waals surface area (Å²) in [7, 11) is 0. The third-order valence-corrected chi connectivity index (χ3v) is 15.0. The Morgan fingerprint density at radius 2 is 1.79 bits per heavy atom. The molecule has 0 bridgehead atoms. The third-order valence-electron chi connectivity index (χ3n) is 15.0. The van der Waals surface area contributed by atoms with Crippen LogP contribution in [0, 0.1) is 63.1 Å². The van der Waals surface area contributed by atoms with Gasteiger partial charge in [-0.15, -0.1) is 0 Å². The SMILES string of the molecule is C=C(C(=O)[C@H](O)[C@@H](C)[C@H]1[C@@H](CC(C)=O)C[C@@]2(C)C3CCC4[C@H](C)C(=O)C=C[C@@]45C[C@@]35CC[C@]12C)[C@@H](C)COC(=O)CCN(CC)CC. The molecule has 4 fully saturated rings. The molecule has 47 heavy (non-hydrogen) atoms. The van der Waals surface area contributed by atoms with Crippen LogP contribution in [-0.4, -0.2) is 65.7 Å². The van der Waals surface area contributed by atoms with Crippen LogP contribution >= 0.6 is 0 Å². The highest BCUT2D eigenvalue weighted by Gasteiger charge is 2.81. The van der Waals surface area contributed by atoms with Crippen molar-refractivity contribution in [3.8, 4) is 0 Å². The van der Waals surface area contributed by atoms with Gasteiger partial charge in [-0.25, -0.2) is 0 Å². The summed E-state index contributed by atoms with van der Waals surface area (Å²) >= 11 is 0. The lowest BCUT2D eigenvalue weighted by Crippen LogP contribution is -2.55. The van der Waals surface area contributed by atoms with Gasteiger partial charge in [-0.05, 0) is 121 Å². The largest absolute Gasteiger partial charge is 0.465 e. The zero-order valence-corrected chi connectivity index (χ0v) is 30.4. The summed E-state index contributed by atoms with van der Waals surface area (Å²) in [6.07, 6.45) is 10.00. The number of carbonyl (C=O) groups excluding carboxylic acids is 4. The molecule has 0 aromatic heterocycles. The van der Waals surface area contributed by atoms with Crippen LogP contribution in [0.5, 0.6) is 0 Å². The van der Waals surface area contributed by atoms with Crippen molar-refractivity contribution in [2.24, 2.45) is 63.1 Å². The first kappa shape index (κ1) is 36.2. The second kappa shape index (κ2) is 13.0. The van der Waals surface area contributed by atoms with Crippen molar-refractivity contribution >= 4 is 23.3 Å². The molecular formula is C40H61NO6. The molecule has 5 aliphatic rings. The average molecular weight is 652 g/mol. The maximum absolute atomic E-state index is 13.8. The molecule has 0 amide bonds. The van der Waals surface area contributed by atoms with E-state index in [1.54, 1.807) is 6.92 Å². The summed E-state index contributed by atoms with van der Waals surface area (Å²) in [4.78, 5) is 53.7. The van der Waals surface area contributed by atoms with Crippen LogP contribution in [0.2, 0.25) is 0 Å². The first-order chi connectivity index (χ1) is 22.0. The van der Waals surface area contributed by atoms with E-state index >= 15 is 0 Å². The molecular weight excluding hydrogens is 590 g/mol. The lowest BCUT2D eigenvalue weighted by molar-refractivity contribution is -0.146. The Morgan fingerprint density at radius 1 is 1.11 bits per heavy atom. The summed E-state index contributed by atoms with van der Waals surface area (Å²) in [6.45, 7) is 23.1. The quantitative estimate of drug-likeness (QED) is 0.166. The van der Waals surface area contributed by atoms with Gasteiger partial charge in [0.2, 0.25) is 0 Å². The molecule has 5 aliphatic carbocycles. The van der Waals surface area contributed by atoms with Crippen LogP contribution in [0.3, 0.4) is 0 Å². The zero-order valence-electron chi connectivity index (χ0n) is 30.4. The molecule has 5 rings (SSSR count). The highest BCUT2D eigenvalue weighted by Crippen LogP contribution is 2.87. The normalized spacial score (nSPS) is 40.4. The second-order valence-electron chi connectivity index (χ2n) is 16.9. The first-order valence-corrected chi connectivity index (χ1v) is 18.5. The molecule has 0 aromatic carbocycles. The van der Waals surface area contributed by atoms with E-state index in [-0.39, 0.29) is 80.8 Å². The van der Waals surface area contributed by atoms with Crippen LogP contribution in [0.15, 0.2) is 24.3 Å². The van der Waals surface area contributed by atoms with Crippen molar-refractivity contribution in [1.29, 1.82) is 0 Å². The lowest BCUT2D eigenvalue weighted by Gasteiger charge is -2.61. The van der Waals surface area contributed by atoms with Gasteiger partial charge in [0, 0.05) is 24.8 Å². The lowest BCUT2D eigenvalue weighted by atomic mass is 9.43. The van der Waals surface area contributed by atoms with Crippen LogP contribution in [0.1, 0.15) is 107 Å². The minimum absolute atomic E-state index is 0.00327. The number of allylic oxidation sites excluding steroid dienone is 2. The smallest absolute Gasteiger partial charge is 0.307 e. The van der Waals surface area contributed by atoms with Gasteiger partial charge >= 0.3 is 5.97 Å². The molecule has 0 aliphatic heterocycles. The van der Waals surface area contributed by atoms with Crippen LogP contribution in [0.25, 0.3) is 0 Å². The predicted molar refractivity (Wildman–Crippen MR) is 183 cm³/mol. The number of hydrogen-bond donors (Lipinski definition) is 1. The summed E-state index contributed by atoms with van der Waals surface area (Å²) in [6, 6.07) is 0. The van der Waals surface area contributed by atoms with Crippen molar-refractivity contribution in [3.63, 3.8) is 0 Å². The number of rotatable bonds is 14. The number of aliphatic hydroxyl groups excluding tert-OH is 1. The van der Waals surface area contributed by atoms with Gasteiger partial charge in [0.1, 0.15) is 11.9 Å². The highest BCUT2D eigenvalue weighted by atomic mass is 16.5. The number of esters is 1. The molecule has 4 saturated carbocycles. The molecule has 0 radical (unpaired) electrons. The molecule has 2 unspecified atom stereocenters. The monoisotopic (exact) mass is 651 g/mol. The topological polar surface area (TPSA) is 101 Å². The van der Waals surface area contributed by atoms with Crippen molar-refractivity contribution in [2.45, 2.75) is 113 Å². The second-order valence-corrected chi connectivity index (χ2v) is 16.9. The van der Waals surface area contributed by atoms with Gasteiger partial charge in [-0.3, -0.25) is 14.4 Å². The van der Waals surface area contributed by atoms with E-state index in [0.717, 1.165) is 51.6 Å². The Labute approximate surface area is 283 Å². The van der Waals surface area contributed by atoms with Crippen molar-refractivity contribution in [1.82, 2.24) is 4.90 Å². The maximum Gasteiger partial charge on any atom is 0.307 e. The molecule has 12 atom stereocenters. The van der Waals surface area contributed by atoms with E-state index in [2.05, 4.69) is 52.2 Å². The number of hydrogen-bond acceptors (Lipinski definition) is 7. The predicted octanol–water partition coefficient (Wildman–Crippen LogP) is 6.62. The van der Waals surface area contributed by atoms with E-state index in [4.69, 9.17) is 4.74 Å². The Balaban J connectivity index is 1.32. The number of ether oxygens (including phenoxy) is 1. The fraction of sp³-hybridized carbons (Fsp3) is 0.800. The Morgan fingerprint density at radius 3 is 2.43 bits per heavy atom. The molecule has 262 valence electrons. The zero-order chi connectivity index (χ0) is 34.7. The van der Waals surface area contributed by atoms with Crippen LogP contribution < -0.4 is 0 Å². The number of nitrogens with zero attached hydrogens (tertiary/aromatic N) is 1. The van der Waals surface area contributed by atoms with Crippen molar-refractivity contribution < 1.29 is 29.0 Å². The minimum Gasteiger partial charge on any atom is -0.465 e. The minimum atomic E-state index is -1.24. The Kier molecular flexibility index (Phi) is 9.98. The Hall–Kier alpha value is -2.12. The summed E-state index contributed by atoms with van der Waals surface area (Å²) in [5.74, 6) is 0.0521. The van der Waals surface area contributed by atoms with Gasteiger partial charge in [-0.2, -0.15) is 0 Å². The molecule has 1 N–H and O–H groups in total. The average Bonchev–Trinajstić information content (AvgIpc) is 3.64. The van der Waals surface area contributed by atoms with E-state index in [1.165, 1.54) is 0 Å². The maximum atomic E-state index is 13.8. The fourth-order valence-electron chi connectivity index (χ4n) is 12.3. The van der Waals surface area contributed by atoms with E-state index < -0.39 is 12.0 Å². The molecule has 7 heteroatoms. The number of ketones is 3. The van der Waals surface area contributed by atoms with Crippen LogP contribution in [0.4, 0.5) is 0 Å². The molecule has 7 nitrogen and oxygen atoms in total. The number of Topliss-reactive ketones (excluding diaryl/α,β-unsaturated/α-hetero) is 2. The molecule has 0 saturated heterocycles. The van der Waals surface area contributed by atoms with Gasteiger partial charge in [0.25, 0.3) is 0 Å².